The number of nitrogens with one attached hydrogen (secondary N) is 1. The topological polar surface area (TPSA) is 35.6 Å². The van der Waals surface area contributed by atoms with E-state index in [-0.39, 0.29) is 5.91 Å². The van der Waals surface area contributed by atoms with E-state index in [4.69, 9.17) is 0 Å². The van der Waals surface area contributed by atoms with Crippen LogP contribution < -0.4 is 10.2 Å². The highest BCUT2D eigenvalue weighted by atomic mass is 79.9. The molecule has 0 aromatic heterocycles. The Bertz CT molecular complexity index is 516. The van der Waals surface area contributed by atoms with Crippen LogP contribution in [0.1, 0.15) is 18.4 Å². The molecule has 0 atom stereocenters. The molecule has 0 spiro atoms. The number of benzene rings is 1. The maximum absolute atomic E-state index is 11.8. The summed E-state index contributed by atoms with van der Waals surface area (Å²) in [5.74, 6) is 0.183. The Morgan fingerprint density at radius 2 is 2.15 bits per heavy atom. The van der Waals surface area contributed by atoms with E-state index in [0.717, 1.165) is 35.8 Å². The number of rotatable bonds is 4. The van der Waals surface area contributed by atoms with Gasteiger partial charge in [-0.25, -0.2) is 0 Å². The number of carbonyl (C=O) groups excluding carboxylic acids is 1. The summed E-state index contributed by atoms with van der Waals surface area (Å²) in [6, 6.07) is 7.15. The number of likely N-dealkylation sites (N-methyl/N-ethyl adjacent to an activating group) is 1. The molecule has 1 saturated heterocycles. The van der Waals surface area contributed by atoms with E-state index in [1.807, 2.05) is 7.05 Å². The summed E-state index contributed by atoms with van der Waals surface area (Å²) >= 11 is 3.65. The first-order chi connectivity index (χ1) is 9.63. The van der Waals surface area contributed by atoms with Gasteiger partial charge in [-0.3, -0.25) is 4.79 Å². The van der Waals surface area contributed by atoms with Gasteiger partial charge in [-0.15, -0.1) is 0 Å². The highest BCUT2D eigenvalue weighted by molar-refractivity contribution is 9.10. The number of hydrogen-bond acceptors (Lipinski definition) is 3. The van der Waals surface area contributed by atoms with Gasteiger partial charge in [-0.2, -0.15) is 0 Å². The lowest BCUT2D eigenvalue weighted by Gasteiger charge is -2.34. The molecule has 0 bridgehead atoms. The molecule has 0 radical (unpaired) electrons. The summed E-state index contributed by atoms with van der Waals surface area (Å²) in [5, 5.41) is 3.52. The number of hydrogen-bond donors (Lipinski definition) is 1. The van der Waals surface area contributed by atoms with Crippen LogP contribution >= 0.6 is 15.9 Å². The molecule has 1 saturated carbocycles. The molecule has 108 valence electrons. The van der Waals surface area contributed by atoms with Gasteiger partial charge in [-0.1, -0.05) is 6.07 Å². The normalized spacial score (nSPS) is 19.6. The van der Waals surface area contributed by atoms with Crippen LogP contribution in [-0.4, -0.2) is 43.5 Å². The van der Waals surface area contributed by atoms with Crippen molar-refractivity contribution in [2.45, 2.75) is 25.4 Å². The predicted octanol–water partition coefficient (Wildman–Crippen LogP) is 1.98. The van der Waals surface area contributed by atoms with Crippen molar-refractivity contribution in [1.82, 2.24) is 10.2 Å². The lowest BCUT2D eigenvalue weighted by molar-refractivity contribution is -0.129. The van der Waals surface area contributed by atoms with Crippen molar-refractivity contribution in [3.05, 3.63) is 28.2 Å². The third-order valence-corrected chi connectivity index (χ3v) is 4.62. The second kappa shape index (κ2) is 5.74. The van der Waals surface area contributed by atoms with Crippen molar-refractivity contribution in [3.63, 3.8) is 0 Å². The molecule has 1 aromatic rings. The first-order valence-corrected chi connectivity index (χ1v) is 7.93. The third-order valence-electron chi connectivity index (χ3n) is 3.98. The van der Waals surface area contributed by atoms with Gasteiger partial charge in [0.15, 0.2) is 0 Å². The van der Waals surface area contributed by atoms with Crippen LogP contribution in [0.25, 0.3) is 0 Å². The van der Waals surface area contributed by atoms with E-state index < -0.39 is 0 Å². The van der Waals surface area contributed by atoms with E-state index in [1.54, 1.807) is 4.90 Å². The molecule has 1 heterocycles. The molecule has 2 aliphatic rings. The molecule has 3 rings (SSSR count). The van der Waals surface area contributed by atoms with Crippen molar-refractivity contribution in [2.24, 2.45) is 0 Å². The molecule has 5 heteroatoms. The minimum Gasteiger partial charge on any atom is -0.360 e. The van der Waals surface area contributed by atoms with E-state index in [0.29, 0.717) is 6.54 Å². The van der Waals surface area contributed by atoms with Crippen molar-refractivity contribution in [2.75, 3.05) is 31.6 Å². The fourth-order valence-corrected chi connectivity index (χ4v) is 3.11. The first kappa shape index (κ1) is 13.9. The number of piperazine rings is 1. The maximum atomic E-state index is 11.8. The Hall–Kier alpha value is -1.07. The molecule has 20 heavy (non-hydrogen) atoms. The van der Waals surface area contributed by atoms with Crippen LogP contribution in [0.4, 0.5) is 5.69 Å². The predicted molar refractivity (Wildman–Crippen MR) is 83.9 cm³/mol. The van der Waals surface area contributed by atoms with Crippen molar-refractivity contribution in [3.8, 4) is 0 Å². The zero-order valence-electron chi connectivity index (χ0n) is 11.7. The largest absolute Gasteiger partial charge is 0.360 e. The number of carbonyl (C=O) groups is 1. The lowest BCUT2D eigenvalue weighted by Crippen LogP contribution is -2.48. The Balaban J connectivity index is 1.68. The van der Waals surface area contributed by atoms with Gasteiger partial charge in [0.25, 0.3) is 0 Å². The second-order valence-electron chi connectivity index (χ2n) is 5.68. The number of halogens is 1. The van der Waals surface area contributed by atoms with Crippen LogP contribution in [0.5, 0.6) is 0 Å². The molecule has 1 N–H and O–H groups in total. The third kappa shape index (κ3) is 3.15. The van der Waals surface area contributed by atoms with Crippen LogP contribution in [-0.2, 0) is 11.3 Å². The van der Waals surface area contributed by atoms with Gasteiger partial charge in [0.05, 0.1) is 12.2 Å². The molecule has 0 unspecified atom stereocenters. The van der Waals surface area contributed by atoms with Gasteiger partial charge >= 0.3 is 0 Å². The van der Waals surface area contributed by atoms with E-state index in [2.05, 4.69) is 44.3 Å². The second-order valence-corrected chi connectivity index (χ2v) is 6.53. The molecule has 1 amide bonds. The summed E-state index contributed by atoms with van der Waals surface area (Å²) in [6.45, 7) is 3.07. The van der Waals surface area contributed by atoms with Gasteiger partial charge in [0.1, 0.15) is 0 Å². The summed E-state index contributed by atoms with van der Waals surface area (Å²) < 4.78 is 1.07. The van der Waals surface area contributed by atoms with Gasteiger partial charge in [-0.05, 0) is 46.5 Å². The van der Waals surface area contributed by atoms with E-state index in [9.17, 15) is 4.79 Å². The van der Waals surface area contributed by atoms with Gasteiger partial charge < -0.3 is 15.1 Å². The summed E-state index contributed by atoms with van der Waals surface area (Å²) in [7, 11) is 1.86. The fraction of sp³-hybridized carbons (Fsp3) is 0.533. The Morgan fingerprint density at radius 3 is 2.80 bits per heavy atom. The van der Waals surface area contributed by atoms with Gasteiger partial charge in [0.2, 0.25) is 5.91 Å². The van der Waals surface area contributed by atoms with Crippen LogP contribution in [0, 0.1) is 0 Å². The number of amides is 1. The minimum atomic E-state index is 0.183. The molecule has 1 aromatic carbocycles. The molecule has 4 nitrogen and oxygen atoms in total. The highest BCUT2D eigenvalue weighted by Gasteiger charge is 2.23. The van der Waals surface area contributed by atoms with Crippen LogP contribution in [0.2, 0.25) is 0 Å². The number of anilines is 1. The summed E-state index contributed by atoms with van der Waals surface area (Å²) in [5.41, 5.74) is 2.40. The average molecular weight is 338 g/mol. The number of nitrogens with zero attached hydrogens (tertiary/aromatic N) is 2. The summed E-state index contributed by atoms with van der Waals surface area (Å²) in [6.07, 6.45) is 2.62. The standard InChI is InChI=1S/C15H20BrN3O/c1-18-6-7-19(10-15(18)20)14-5-2-11(8-13(14)16)9-17-12-3-4-12/h2,5,8,12,17H,3-4,6-7,9-10H2,1H3. The molecular weight excluding hydrogens is 318 g/mol. The van der Waals surface area contributed by atoms with Crippen molar-refractivity contribution >= 4 is 27.5 Å². The SMILES string of the molecule is CN1CCN(c2ccc(CNC3CC3)cc2Br)CC1=O. The van der Waals surface area contributed by atoms with Crippen LogP contribution in [0.3, 0.4) is 0 Å². The lowest BCUT2D eigenvalue weighted by atomic mass is 10.1. The van der Waals surface area contributed by atoms with Crippen molar-refractivity contribution in [1.29, 1.82) is 0 Å². The maximum Gasteiger partial charge on any atom is 0.241 e. The quantitative estimate of drug-likeness (QED) is 0.912. The molecule has 1 aliphatic carbocycles. The fourth-order valence-electron chi connectivity index (χ4n) is 2.43. The van der Waals surface area contributed by atoms with Crippen LogP contribution in [0.15, 0.2) is 22.7 Å². The van der Waals surface area contributed by atoms with E-state index in [1.165, 1.54) is 18.4 Å². The van der Waals surface area contributed by atoms with E-state index >= 15 is 0 Å². The minimum absolute atomic E-state index is 0.183. The average Bonchev–Trinajstić information content (AvgIpc) is 3.24. The summed E-state index contributed by atoms with van der Waals surface area (Å²) in [4.78, 5) is 15.7. The monoisotopic (exact) mass is 337 g/mol. The Kier molecular flexibility index (Phi) is 3.98. The first-order valence-electron chi connectivity index (χ1n) is 7.14. The Morgan fingerprint density at radius 1 is 1.35 bits per heavy atom. The highest BCUT2D eigenvalue weighted by Crippen LogP contribution is 2.29. The molecule has 1 aliphatic heterocycles. The van der Waals surface area contributed by atoms with Gasteiger partial charge in [0, 0.05) is 37.2 Å². The molecule has 2 fully saturated rings. The zero-order valence-corrected chi connectivity index (χ0v) is 13.3. The van der Waals surface area contributed by atoms with Crippen molar-refractivity contribution < 1.29 is 4.79 Å². The zero-order chi connectivity index (χ0) is 14.1. The smallest absolute Gasteiger partial charge is 0.241 e. The molecular formula is C15H20BrN3O. The Labute approximate surface area is 128 Å².